The molecule has 0 bridgehead atoms. The highest BCUT2D eigenvalue weighted by atomic mass is 16.4. The van der Waals surface area contributed by atoms with E-state index in [-0.39, 0.29) is 19.3 Å². The van der Waals surface area contributed by atoms with Crippen LogP contribution in [0.1, 0.15) is 19.3 Å². The highest BCUT2D eigenvalue weighted by Crippen LogP contribution is 1.93. The Bertz CT molecular complexity index is 305. The number of carboxylic acid groups (broad SMARTS) is 3. The fourth-order valence-corrected chi connectivity index (χ4v) is 0.632. The zero-order chi connectivity index (χ0) is 14.7. The Labute approximate surface area is 102 Å². The van der Waals surface area contributed by atoms with Crippen LogP contribution in [-0.2, 0) is 19.2 Å². The van der Waals surface area contributed by atoms with E-state index < -0.39 is 30.0 Å². The lowest BCUT2D eigenvalue weighted by atomic mass is 10.2. The van der Waals surface area contributed by atoms with Crippen molar-refractivity contribution in [1.29, 1.82) is 0 Å². The summed E-state index contributed by atoms with van der Waals surface area (Å²) in [6.45, 7) is 0. The van der Waals surface area contributed by atoms with Crippen molar-refractivity contribution >= 4 is 24.2 Å². The topological polar surface area (TPSA) is 181 Å². The number of hydrogen-bond acceptors (Lipinski definition) is 6. The van der Waals surface area contributed by atoms with Crippen LogP contribution in [-0.4, -0.2) is 51.6 Å². The van der Waals surface area contributed by atoms with Gasteiger partial charge in [0.1, 0.15) is 6.04 Å². The van der Waals surface area contributed by atoms with Gasteiger partial charge in [-0.2, -0.15) is 0 Å². The van der Waals surface area contributed by atoms with E-state index >= 15 is 0 Å². The molecule has 0 heterocycles. The summed E-state index contributed by atoms with van der Waals surface area (Å²) in [5.74, 6) is -3.28. The van der Waals surface area contributed by atoms with Crippen molar-refractivity contribution < 1.29 is 34.5 Å². The van der Waals surface area contributed by atoms with Gasteiger partial charge in [-0.05, 0) is 6.42 Å². The Kier molecular flexibility index (Phi) is 10.4. The van der Waals surface area contributed by atoms with Gasteiger partial charge in [-0.1, -0.05) is 0 Å². The largest absolute Gasteiger partial charge is 0.481 e. The summed E-state index contributed by atoms with van der Waals surface area (Å²) < 4.78 is 0. The first kappa shape index (κ1) is 18.4. The van der Waals surface area contributed by atoms with Gasteiger partial charge >= 0.3 is 17.9 Å². The molecule has 0 saturated carbocycles. The molecule has 103 valence electrons. The van der Waals surface area contributed by atoms with Crippen LogP contribution in [0.4, 0.5) is 0 Å². The van der Waals surface area contributed by atoms with E-state index in [0.717, 1.165) is 0 Å². The third kappa shape index (κ3) is 14.0. The first-order chi connectivity index (χ1) is 8.20. The van der Waals surface area contributed by atoms with Crippen LogP contribution < -0.4 is 11.5 Å². The zero-order valence-corrected chi connectivity index (χ0v) is 9.41. The number of rotatable bonds is 7. The normalized spacial score (nSPS) is 12.6. The van der Waals surface area contributed by atoms with E-state index in [2.05, 4.69) is 0 Å². The molecule has 0 aromatic carbocycles. The van der Waals surface area contributed by atoms with Crippen LogP contribution in [0.3, 0.4) is 0 Å². The Morgan fingerprint density at radius 1 is 1.06 bits per heavy atom. The minimum atomic E-state index is -1.17. The Balaban J connectivity index is 0. The summed E-state index contributed by atoms with van der Waals surface area (Å²) in [7, 11) is 0. The van der Waals surface area contributed by atoms with Crippen molar-refractivity contribution in [2.24, 2.45) is 11.5 Å². The quantitative estimate of drug-likeness (QED) is 0.352. The van der Waals surface area contributed by atoms with Gasteiger partial charge in [-0.15, -0.1) is 0 Å². The standard InChI is InChI=1S/C5H9NO4.C4H6NO3/c6-3(5(9)10)1-2-4(7)8;5-3(2-6)1-4(7)8/h3H,1-2,6H2,(H,7,8)(H,9,10);3H,1,5H2,(H,7,8)/t3-;/m0./s1. The minimum Gasteiger partial charge on any atom is -0.481 e. The van der Waals surface area contributed by atoms with Crippen molar-refractivity contribution in [3.63, 3.8) is 0 Å². The second kappa shape index (κ2) is 10.2. The fourth-order valence-electron chi connectivity index (χ4n) is 0.632. The predicted molar refractivity (Wildman–Crippen MR) is 58.4 cm³/mol. The molecule has 0 fully saturated rings. The van der Waals surface area contributed by atoms with Gasteiger partial charge in [-0.3, -0.25) is 19.2 Å². The lowest BCUT2D eigenvalue weighted by Crippen LogP contribution is -2.30. The molecule has 1 radical (unpaired) electrons. The van der Waals surface area contributed by atoms with Crippen LogP contribution in [0.2, 0.25) is 0 Å². The summed E-state index contributed by atoms with van der Waals surface area (Å²) >= 11 is 0. The maximum absolute atomic E-state index is 9.99. The van der Waals surface area contributed by atoms with Gasteiger partial charge < -0.3 is 26.8 Å². The van der Waals surface area contributed by atoms with E-state index in [4.69, 9.17) is 26.8 Å². The first-order valence-electron chi connectivity index (χ1n) is 4.75. The lowest BCUT2D eigenvalue weighted by molar-refractivity contribution is -0.140. The van der Waals surface area contributed by atoms with Crippen LogP contribution in [0.15, 0.2) is 0 Å². The number of carbonyl (C=O) groups is 3. The van der Waals surface area contributed by atoms with Crippen molar-refractivity contribution in [2.45, 2.75) is 31.3 Å². The van der Waals surface area contributed by atoms with Crippen molar-refractivity contribution in [3.8, 4) is 0 Å². The zero-order valence-electron chi connectivity index (χ0n) is 9.41. The third-order valence-corrected chi connectivity index (χ3v) is 1.53. The molecule has 0 saturated heterocycles. The number of nitrogens with two attached hydrogens (primary N) is 2. The van der Waals surface area contributed by atoms with E-state index in [1.165, 1.54) is 6.29 Å². The Hall–Kier alpha value is -2.00. The molecular weight excluding hydrogens is 248 g/mol. The van der Waals surface area contributed by atoms with E-state index in [1.807, 2.05) is 0 Å². The maximum Gasteiger partial charge on any atom is 0.320 e. The van der Waals surface area contributed by atoms with Crippen LogP contribution in [0.25, 0.3) is 0 Å². The van der Waals surface area contributed by atoms with E-state index in [9.17, 15) is 19.2 Å². The minimum absolute atomic E-state index is 0.0231. The number of carbonyl (C=O) groups excluding carboxylic acids is 1. The summed E-state index contributed by atoms with van der Waals surface area (Å²) in [5, 5.41) is 24.2. The van der Waals surface area contributed by atoms with Crippen molar-refractivity contribution in [2.75, 3.05) is 0 Å². The van der Waals surface area contributed by atoms with Crippen molar-refractivity contribution in [3.05, 3.63) is 0 Å². The fraction of sp³-hybridized carbons (Fsp3) is 0.556. The highest BCUT2D eigenvalue weighted by molar-refractivity contribution is 5.74. The molecule has 18 heavy (non-hydrogen) atoms. The Morgan fingerprint density at radius 2 is 1.56 bits per heavy atom. The average molecular weight is 263 g/mol. The molecule has 0 aliphatic carbocycles. The molecule has 2 atom stereocenters. The number of aliphatic carboxylic acids is 3. The number of carboxylic acids is 3. The monoisotopic (exact) mass is 263 g/mol. The first-order valence-corrected chi connectivity index (χ1v) is 4.75. The molecule has 0 aromatic rings. The molecule has 0 amide bonds. The van der Waals surface area contributed by atoms with Crippen LogP contribution in [0, 0.1) is 0 Å². The van der Waals surface area contributed by atoms with Crippen molar-refractivity contribution in [1.82, 2.24) is 0 Å². The van der Waals surface area contributed by atoms with Gasteiger partial charge in [0.2, 0.25) is 6.29 Å². The van der Waals surface area contributed by atoms with Gasteiger partial charge in [0.05, 0.1) is 12.5 Å². The second-order valence-corrected chi connectivity index (χ2v) is 3.20. The third-order valence-electron chi connectivity index (χ3n) is 1.53. The molecule has 0 aliphatic rings. The molecule has 0 spiro atoms. The molecule has 0 aromatic heterocycles. The highest BCUT2D eigenvalue weighted by Gasteiger charge is 2.12. The molecule has 9 nitrogen and oxygen atoms in total. The Morgan fingerprint density at radius 3 is 1.78 bits per heavy atom. The molecule has 0 rings (SSSR count). The SMILES string of the molecule is NC([C]=O)CC(=O)O.N[C@@H](CCC(=O)O)C(=O)O. The number of hydrogen-bond donors (Lipinski definition) is 5. The summed E-state index contributed by atoms with van der Waals surface area (Å²) in [6.07, 6.45) is 0.775. The van der Waals surface area contributed by atoms with E-state index in [0.29, 0.717) is 0 Å². The van der Waals surface area contributed by atoms with Crippen LogP contribution >= 0.6 is 0 Å². The smallest absolute Gasteiger partial charge is 0.320 e. The molecule has 0 aliphatic heterocycles. The molecular formula is C9H15N2O7. The maximum atomic E-state index is 9.99. The van der Waals surface area contributed by atoms with E-state index in [1.54, 1.807) is 0 Å². The van der Waals surface area contributed by atoms with Gasteiger partial charge in [0.15, 0.2) is 0 Å². The van der Waals surface area contributed by atoms with Gasteiger partial charge in [-0.25, -0.2) is 0 Å². The van der Waals surface area contributed by atoms with Gasteiger partial charge in [0.25, 0.3) is 0 Å². The van der Waals surface area contributed by atoms with Gasteiger partial charge in [0, 0.05) is 6.42 Å². The van der Waals surface area contributed by atoms with Crippen LogP contribution in [0.5, 0.6) is 0 Å². The molecule has 9 heteroatoms. The summed E-state index contributed by atoms with van der Waals surface area (Å²) in [6, 6.07) is -2.04. The summed E-state index contributed by atoms with van der Waals surface area (Å²) in [4.78, 5) is 39.1. The average Bonchev–Trinajstić information content (AvgIpc) is 2.25. The lowest BCUT2D eigenvalue weighted by Gasteiger charge is -2.01. The molecule has 7 N–H and O–H groups in total. The molecule has 1 unspecified atom stereocenters. The predicted octanol–water partition coefficient (Wildman–Crippen LogP) is -1.84. The second-order valence-electron chi connectivity index (χ2n) is 3.20. The summed E-state index contributed by atoms with van der Waals surface area (Å²) in [5.41, 5.74) is 9.87.